The van der Waals surface area contributed by atoms with Crippen LogP contribution in [0.1, 0.15) is 28.3 Å². The Morgan fingerprint density at radius 2 is 1.83 bits per heavy atom. The Balaban J connectivity index is 1.74. The van der Waals surface area contributed by atoms with Crippen LogP contribution in [0.4, 0.5) is 0 Å². The number of benzene rings is 1. The monoisotopic (exact) mass is 335 g/mol. The minimum Gasteiger partial charge on any atom is -0.454 e. The highest BCUT2D eigenvalue weighted by atomic mass is 16.7. The van der Waals surface area contributed by atoms with Crippen molar-refractivity contribution in [3.8, 4) is 11.5 Å². The average molecular weight is 335 g/mol. The summed E-state index contributed by atoms with van der Waals surface area (Å²) in [6.45, 7) is 0.305. The highest BCUT2D eigenvalue weighted by Gasteiger charge is 2.65. The molecule has 8 heteroatoms. The lowest BCUT2D eigenvalue weighted by molar-refractivity contribution is -0.203. The van der Waals surface area contributed by atoms with Crippen molar-refractivity contribution in [3.05, 3.63) is 23.3 Å². The van der Waals surface area contributed by atoms with Gasteiger partial charge in [-0.05, 0) is 24.1 Å². The third kappa shape index (κ3) is 1.50. The van der Waals surface area contributed by atoms with Crippen LogP contribution < -0.4 is 9.47 Å². The number of carbonyl (C=O) groups excluding carboxylic acids is 1. The summed E-state index contributed by atoms with van der Waals surface area (Å²) in [5, 5.41) is 42.0. The lowest BCUT2D eigenvalue weighted by Gasteiger charge is -2.52. The Morgan fingerprint density at radius 1 is 1.12 bits per heavy atom. The first-order valence-corrected chi connectivity index (χ1v) is 7.94. The number of nitrogens with zero attached hydrogens (tertiary/aromatic N) is 1. The SMILES string of the molecule is O=C1c2cc3c(cc2[C@@H]2[C@H](O)[C@@H](O)[C@H](O)[C@@]4(O)CCN1[C@@H]24)OCO3. The summed E-state index contributed by atoms with van der Waals surface area (Å²) in [6, 6.07) is 2.42. The number of aliphatic hydroxyl groups excluding tert-OH is 3. The van der Waals surface area contributed by atoms with Gasteiger partial charge in [0.2, 0.25) is 6.79 Å². The van der Waals surface area contributed by atoms with E-state index in [-0.39, 0.29) is 25.7 Å². The van der Waals surface area contributed by atoms with Crippen LogP contribution in [0.2, 0.25) is 0 Å². The smallest absolute Gasteiger partial charge is 0.254 e. The summed E-state index contributed by atoms with van der Waals surface area (Å²) < 4.78 is 10.7. The van der Waals surface area contributed by atoms with Crippen LogP contribution in [0.3, 0.4) is 0 Å². The molecular formula is C16H17NO7. The predicted molar refractivity (Wildman–Crippen MR) is 77.7 cm³/mol. The number of carbonyl (C=O) groups is 1. The number of rotatable bonds is 0. The Labute approximate surface area is 136 Å². The first-order valence-electron chi connectivity index (χ1n) is 7.94. The number of amides is 1. The van der Waals surface area contributed by atoms with Crippen LogP contribution in [0.15, 0.2) is 12.1 Å². The number of hydrogen-bond acceptors (Lipinski definition) is 7. The fourth-order valence-electron chi connectivity index (χ4n) is 4.72. The Morgan fingerprint density at radius 3 is 2.58 bits per heavy atom. The maximum absolute atomic E-state index is 12.9. The van der Waals surface area contributed by atoms with Crippen molar-refractivity contribution < 1.29 is 34.7 Å². The summed E-state index contributed by atoms with van der Waals surface area (Å²) in [5.74, 6) is -0.0698. The number of fused-ring (bicyclic) bond motifs is 3. The van der Waals surface area contributed by atoms with Crippen LogP contribution >= 0.6 is 0 Å². The van der Waals surface area contributed by atoms with Crippen LogP contribution in [0.5, 0.6) is 11.5 Å². The zero-order valence-electron chi connectivity index (χ0n) is 12.6. The van der Waals surface area contributed by atoms with Crippen molar-refractivity contribution in [1.82, 2.24) is 4.90 Å². The number of ether oxygens (including phenoxy) is 2. The maximum atomic E-state index is 12.9. The van der Waals surface area contributed by atoms with Crippen molar-refractivity contribution in [2.75, 3.05) is 13.3 Å². The molecule has 0 bridgehead atoms. The van der Waals surface area contributed by atoms with Gasteiger partial charge in [0.25, 0.3) is 5.91 Å². The van der Waals surface area contributed by atoms with E-state index in [1.807, 2.05) is 0 Å². The molecule has 1 aliphatic carbocycles. The average Bonchev–Trinajstić information content (AvgIpc) is 3.16. The quantitative estimate of drug-likeness (QED) is 0.458. The number of aliphatic hydroxyl groups is 4. The molecule has 1 saturated heterocycles. The van der Waals surface area contributed by atoms with Crippen LogP contribution in [-0.4, -0.2) is 74.5 Å². The molecule has 1 amide bonds. The van der Waals surface area contributed by atoms with E-state index >= 15 is 0 Å². The van der Waals surface area contributed by atoms with Crippen molar-refractivity contribution in [1.29, 1.82) is 0 Å². The number of hydrogen-bond donors (Lipinski definition) is 4. The molecule has 2 fully saturated rings. The molecule has 128 valence electrons. The third-order valence-electron chi connectivity index (χ3n) is 5.89. The van der Waals surface area contributed by atoms with E-state index in [2.05, 4.69) is 0 Å². The fraction of sp³-hybridized carbons (Fsp3) is 0.562. The van der Waals surface area contributed by atoms with E-state index < -0.39 is 35.9 Å². The van der Waals surface area contributed by atoms with Gasteiger partial charge in [0, 0.05) is 18.0 Å². The van der Waals surface area contributed by atoms with E-state index in [1.54, 1.807) is 12.1 Å². The second kappa shape index (κ2) is 4.40. The largest absolute Gasteiger partial charge is 0.454 e. The second-order valence-corrected chi connectivity index (χ2v) is 6.93. The second-order valence-electron chi connectivity index (χ2n) is 6.93. The van der Waals surface area contributed by atoms with Gasteiger partial charge >= 0.3 is 0 Å². The normalized spacial score (nSPS) is 42.1. The lowest BCUT2D eigenvalue weighted by Crippen LogP contribution is -2.69. The zero-order valence-corrected chi connectivity index (χ0v) is 12.6. The van der Waals surface area contributed by atoms with E-state index in [1.165, 1.54) is 4.90 Å². The molecular weight excluding hydrogens is 318 g/mol. The van der Waals surface area contributed by atoms with Gasteiger partial charge in [-0.3, -0.25) is 4.79 Å². The van der Waals surface area contributed by atoms with Gasteiger partial charge in [0.1, 0.15) is 17.8 Å². The van der Waals surface area contributed by atoms with Crippen LogP contribution in [0, 0.1) is 0 Å². The summed E-state index contributed by atoms with van der Waals surface area (Å²) in [6.07, 6.45) is -4.17. The molecule has 1 saturated carbocycles. The van der Waals surface area contributed by atoms with Crippen LogP contribution in [0.25, 0.3) is 0 Å². The first kappa shape index (κ1) is 14.5. The molecule has 1 aromatic rings. The van der Waals surface area contributed by atoms with E-state index in [9.17, 15) is 25.2 Å². The Hall–Kier alpha value is -1.87. The highest BCUT2D eigenvalue weighted by Crippen LogP contribution is 2.53. The molecule has 6 atom stereocenters. The summed E-state index contributed by atoms with van der Waals surface area (Å²) >= 11 is 0. The van der Waals surface area contributed by atoms with Gasteiger partial charge in [-0.2, -0.15) is 0 Å². The van der Waals surface area contributed by atoms with Crippen LogP contribution in [-0.2, 0) is 0 Å². The molecule has 4 N–H and O–H groups in total. The highest BCUT2D eigenvalue weighted by molar-refractivity contribution is 5.99. The lowest BCUT2D eigenvalue weighted by atomic mass is 9.65. The van der Waals surface area contributed by atoms with Gasteiger partial charge in [-0.1, -0.05) is 0 Å². The summed E-state index contributed by atoms with van der Waals surface area (Å²) in [7, 11) is 0. The molecule has 0 spiro atoms. The molecule has 0 radical (unpaired) electrons. The molecule has 3 aliphatic heterocycles. The standard InChI is InChI=1S/C16H17NO7/c18-11-10-6-3-8-9(24-5-23-8)4-7(6)15(21)17-2-1-16(22,13(10)17)14(20)12(11)19/h3-4,10-14,18-20,22H,1-2,5H2/t10-,11+,12-,13+,14+,16-/m1/s1. The van der Waals surface area contributed by atoms with Gasteiger partial charge in [0.15, 0.2) is 11.5 Å². The van der Waals surface area contributed by atoms with E-state index in [0.717, 1.165) is 0 Å². The van der Waals surface area contributed by atoms with Crippen molar-refractivity contribution in [2.45, 2.75) is 42.3 Å². The molecule has 3 heterocycles. The van der Waals surface area contributed by atoms with Crippen molar-refractivity contribution in [2.24, 2.45) is 0 Å². The molecule has 4 aliphatic rings. The predicted octanol–water partition coefficient (Wildman–Crippen LogP) is -1.45. The Bertz CT molecular complexity index is 752. The van der Waals surface area contributed by atoms with E-state index in [4.69, 9.17) is 9.47 Å². The van der Waals surface area contributed by atoms with Gasteiger partial charge in [0.05, 0.1) is 12.1 Å². The molecule has 0 aromatic heterocycles. The van der Waals surface area contributed by atoms with Crippen molar-refractivity contribution >= 4 is 5.91 Å². The molecule has 5 rings (SSSR count). The first-order chi connectivity index (χ1) is 11.4. The minimum atomic E-state index is -1.65. The maximum Gasteiger partial charge on any atom is 0.254 e. The summed E-state index contributed by atoms with van der Waals surface area (Å²) in [5.41, 5.74) is -0.774. The fourth-order valence-corrected chi connectivity index (χ4v) is 4.72. The Kier molecular flexibility index (Phi) is 2.65. The molecule has 24 heavy (non-hydrogen) atoms. The van der Waals surface area contributed by atoms with Gasteiger partial charge in [-0.25, -0.2) is 0 Å². The van der Waals surface area contributed by atoms with Crippen molar-refractivity contribution in [3.63, 3.8) is 0 Å². The van der Waals surface area contributed by atoms with E-state index in [0.29, 0.717) is 22.6 Å². The topological polar surface area (TPSA) is 120 Å². The molecule has 0 unspecified atom stereocenters. The van der Waals surface area contributed by atoms with Gasteiger partial charge in [-0.15, -0.1) is 0 Å². The minimum absolute atomic E-state index is 0.0536. The molecule has 8 nitrogen and oxygen atoms in total. The molecule has 1 aromatic carbocycles. The zero-order chi connectivity index (χ0) is 16.8. The van der Waals surface area contributed by atoms with Gasteiger partial charge < -0.3 is 34.8 Å². The summed E-state index contributed by atoms with van der Waals surface area (Å²) in [4.78, 5) is 14.3. The third-order valence-corrected chi connectivity index (χ3v) is 5.89.